The maximum atomic E-state index is 12.9. The van der Waals surface area contributed by atoms with E-state index >= 15 is 0 Å². The Hall–Kier alpha value is -2.88. The van der Waals surface area contributed by atoms with Gasteiger partial charge in [-0.2, -0.15) is 0 Å². The predicted molar refractivity (Wildman–Crippen MR) is 104 cm³/mol. The summed E-state index contributed by atoms with van der Waals surface area (Å²) >= 11 is 0. The average molecular weight is 345 g/mol. The van der Waals surface area contributed by atoms with E-state index in [4.69, 9.17) is 5.10 Å². The van der Waals surface area contributed by atoms with Gasteiger partial charge in [-0.15, -0.1) is 5.10 Å². The second-order valence-corrected chi connectivity index (χ2v) is 7.85. The molecule has 1 N–H and O–H groups in total. The zero-order valence-electron chi connectivity index (χ0n) is 15.4. The van der Waals surface area contributed by atoms with Gasteiger partial charge in [0.25, 0.3) is 0 Å². The smallest absolute Gasteiger partial charge is 0.169 e. The van der Waals surface area contributed by atoms with Crippen molar-refractivity contribution in [2.45, 2.75) is 33.6 Å². The van der Waals surface area contributed by atoms with Gasteiger partial charge >= 0.3 is 0 Å². The number of nitrogens with one attached hydrogen (secondary N) is 1. The molecule has 0 bridgehead atoms. The lowest BCUT2D eigenvalue weighted by atomic mass is 9.76. The summed E-state index contributed by atoms with van der Waals surface area (Å²) < 4.78 is 1.92. The largest absolute Gasteiger partial charge is 0.338 e. The summed E-state index contributed by atoms with van der Waals surface area (Å²) in [7, 11) is 0. The van der Waals surface area contributed by atoms with Crippen molar-refractivity contribution >= 4 is 17.3 Å². The van der Waals surface area contributed by atoms with Crippen LogP contribution >= 0.6 is 0 Å². The molecule has 0 atom stereocenters. The third kappa shape index (κ3) is 3.03. The van der Waals surface area contributed by atoms with Crippen LogP contribution in [0.5, 0.6) is 0 Å². The van der Waals surface area contributed by atoms with Gasteiger partial charge < -0.3 is 5.32 Å². The number of ketones is 1. The molecule has 132 valence electrons. The Balaban J connectivity index is 1.84. The summed E-state index contributed by atoms with van der Waals surface area (Å²) in [6.45, 7) is 6.34. The van der Waals surface area contributed by atoms with E-state index in [0.717, 1.165) is 29.1 Å². The lowest BCUT2D eigenvalue weighted by Gasteiger charge is -2.29. The highest BCUT2D eigenvalue weighted by Gasteiger charge is 2.36. The Kier molecular flexibility index (Phi) is 3.91. The van der Waals surface area contributed by atoms with Crippen LogP contribution in [0.2, 0.25) is 0 Å². The fourth-order valence-corrected chi connectivity index (χ4v) is 3.59. The number of nitrogens with zero attached hydrogens (tertiary/aromatic N) is 2. The van der Waals surface area contributed by atoms with Crippen molar-refractivity contribution in [3.05, 3.63) is 71.4 Å². The monoisotopic (exact) mass is 345 g/mol. The van der Waals surface area contributed by atoms with Gasteiger partial charge in [0, 0.05) is 12.1 Å². The number of carbonyl (C=O) groups excluding carboxylic acids is 1. The molecule has 4 nitrogen and oxygen atoms in total. The number of Topliss-reactive ketones (excluding diaryl/α,β-unsaturated/α-hetero) is 1. The average Bonchev–Trinajstić information content (AvgIpc) is 2.95. The van der Waals surface area contributed by atoms with Crippen LogP contribution in [0.4, 0.5) is 11.5 Å². The maximum Gasteiger partial charge on any atom is 0.169 e. The van der Waals surface area contributed by atoms with Gasteiger partial charge in [-0.1, -0.05) is 49.7 Å². The SMILES string of the molecule is Cc1ccc(Nc2nn(-c3ccccc3)c3c2C(=O)CC(C)(C)C3)cc1. The molecular weight excluding hydrogens is 322 g/mol. The van der Waals surface area contributed by atoms with Gasteiger partial charge in [-0.05, 0) is 43.0 Å². The third-order valence-corrected chi connectivity index (χ3v) is 4.86. The molecule has 1 aliphatic rings. The summed E-state index contributed by atoms with van der Waals surface area (Å²) in [5, 5.41) is 8.13. The summed E-state index contributed by atoms with van der Waals surface area (Å²) in [6.07, 6.45) is 1.37. The van der Waals surface area contributed by atoms with Crippen LogP contribution in [0.15, 0.2) is 54.6 Å². The van der Waals surface area contributed by atoms with Gasteiger partial charge in [0.05, 0.1) is 16.9 Å². The first kappa shape index (κ1) is 16.6. The Morgan fingerprint density at radius 2 is 1.69 bits per heavy atom. The highest BCUT2D eigenvalue weighted by atomic mass is 16.1. The first-order chi connectivity index (χ1) is 12.4. The summed E-state index contributed by atoms with van der Waals surface area (Å²) in [6, 6.07) is 18.1. The van der Waals surface area contributed by atoms with Crippen LogP contribution in [0.25, 0.3) is 5.69 Å². The van der Waals surface area contributed by atoms with Gasteiger partial charge in [0.2, 0.25) is 0 Å². The number of fused-ring (bicyclic) bond motifs is 1. The molecule has 0 spiro atoms. The van der Waals surface area contributed by atoms with Crippen molar-refractivity contribution in [2.75, 3.05) is 5.32 Å². The predicted octanol–water partition coefficient (Wildman–Crippen LogP) is 5.08. The molecule has 26 heavy (non-hydrogen) atoms. The van der Waals surface area contributed by atoms with Crippen molar-refractivity contribution in [1.82, 2.24) is 9.78 Å². The lowest BCUT2D eigenvalue weighted by Crippen LogP contribution is -2.28. The fourth-order valence-electron chi connectivity index (χ4n) is 3.59. The van der Waals surface area contributed by atoms with Crippen LogP contribution in [-0.4, -0.2) is 15.6 Å². The minimum Gasteiger partial charge on any atom is -0.338 e. The molecule has 2 aromatic carbocycles. The van der Waals surface area contributed by atoms with Crippen molar-refractivity contribution in [2.24, 2.45) is 5.41 Å². The summed E-state index contributed by atoms with van der Waals surface area (Å²) in [4.78, 5) is 12.9. The number of para-hydroxylation sites is 1. The van der Waals surface area contributed by atoms with Crippen LogP contribution in [0.3, 0.4) is 0 Å². The maximum absolute atomic E-state index is 12.9. The van der Waals surface area contributed by atoms with E-state index in [-0.39, 0.29) is 11.2 Å². The molecule has 3 aromatic rings. The molecule has 0 amide bonds. The quantitative estimate of drug-likeness (QED) is 0.720. The molecule has 1 heterocycles. The highest BCUT2D eigenvalue weighted by molar-refractivity contribution is 6.03. The Bertz CT molecular complexity index is 953. The Morgan fingerprint density at radius 3 is 2.38 bits per heavy atom. The molecule has 0 saturated heterocycles. The first-order valence-electron chi connectivity index (χ1n) is 8.97. The third-order valence-electron chi connectivity index (χ3n) is 4.86. The Morgan fingerprint density at radius 1 is 1.00 bits per heavy atom. The van der Waals surface area contributed by atoms with Crippen molar-refractivity contribution < 1.29 is 4.79 Å². The fraction of sp³-hybridized carbons (Fsp3) is 0.273. The van der Waals surface area contributed by atoms with Crippen LogP contribution < -0.4 is 5.32 Å². The number of carbonyl (C=O) groups is 1. The van der Waals surface area contributed by atoms with E-state index in [1.54, 1.807) is 0 Å². The molecule has 1 aromatic heterocycles. The van der Waals surface area contributed by atoms with Gasteiger partial charge in [-0.3, -0.25) is 4.79 Å². The second-order valence-electron chi connectivity index (χ2n) is 7.85. The van der Waals surface area contributed by atoms with Crippen molar-refractivity contribution in [3.8, 4) is 5.69 Å². The zero-order valence-corrected chi connectivity index (χ0v) is 15.4. The minimum atomic E-state index is -0.0578. The van der Waals surface area contributed by atoms with E-state index in [2.05, 4.69) is 26.1 Å². The van der Waals surface area contributed by atoms with Gasteiger partial charge in [-0.25, -0.2) is 4.68 Å². The molecule has 4 rings (SSSR count). The van der Waals surface area contributed by atoms with Crippen LogP contribution in [0.1, 0.15) is 41.9 Å². The van der Waals surface area contributed by atoms with E-state index in [1.165, 1.54) is 5.56 Å². The van der Waals surface area contributed by atoms with E-state index in [9.17, 15) is 4.79 Å². The summed E-state index contributed by atoms with van der Waals surface area (Å²) in [5.41, 5.74) is 4.78. The number of aromatic nitrogens is 2. The van der Waals surface area contributed by atoms with Crippen molar-refractivity contribution in [3.63, 3.8) is 0 Å². The standard InChI is InChI=1S/C22H23N3O/c1-15-9-11-16(12-10-15)23-21-20-18(13-22(2,3)14-19(20)26)25(24-21)17-7-5-4-6-8-17/h4-12H,13-14H2,1-3H3,(H,23,24). The number of anilines is 2. The minimum absolute atomic E-state index is 0.0578. The molecule has 0 saturated carbocycles. The molecule has 4 heteroatoms. The highest BCUT2D eigenvalue weighted by Crippen LogP contribution is 2.39. The van der Waals surface area contributed by atoms with E-state index < -0.39 is 0 Å². The zero-order chi connectivity index (χ0) is 18.3. The molecule has 0 fully saturated rings. The number of rotatable bonds is 3. The van der Waals surface area contributed by atoms with Gasteiger partial charge in [0.1, 0.15) is 0 Å². The van der Waals surface area contributed by atoms with E-state index in [1.807, 2.05) is 59.3 Å². The summed E-state index contributed by atoms with van der Waals surface area (Å²) in [5.74, 6) is 0.807. The van der Waals surface area contributed by atoms with E-state index in [0.29, 0.717) is 12.2 Å². The number of hydrogen-bond acceptors (Lipinski definition) is 3. The van der Waals surface area contributed by atoms with Crippen molar-refractivity contribution in [1.29, 1.82) is 0 Å². The molecule has 0 unspecified atom stereocenters. The van der Waals surface area contributed by atoms with Crippen LogP contribution in [-0.2, 0) is 6.42 Å². The van der Waals surface area contributed by atoms with Crippen LogP contribution in [0, 0.1) is 12.3 Å². The molecular formula is C22H23N3O. The number of aryl methyl sites for hydroxylation is 1. The topological polar surface area (TPSA) is 46.9 Å². The molecule has 1 aliphatic carbocycles. The normalized spacial score (nSPS) is 15.6. The second kappa shape index (κ2) is 6.13. The first-order valence-corrected chi connectivity index (χ1v) is 8.97. The Labute approximate surface area is 153 Å². The molecule has 0 aliphatic heterocycles. The molecule has 0 radical (unpaired) electrons. The van der Waals surface area contributed by atoms with Gasteiger partial charge in [0.15, 0.2) is 11.6 Å². The number of hydrogen-bond donors (Lipinski definition) is 1. The number of benzene rings is 2. The lowest BCUT2D eigenvalue weighted by molar-refractivity contribution is 0.0912.